The first-order valence-electron chi connectivity index (χ1n) is 18.7. The van der Waals surface area contributed by atoms with Gasteiger partial charge in [-0.3, -0.25) is 0 Å². The van der Waals surface area contributed by atoms with Gasteiger partial charge in [-0.15, -0.1) is 24.8 Å². The summed E-state index contributed by atoms with van der Waals surface area (Å²) in [5.74, 6) is 1.96. The maximum Gasteiger partial charge on any atom is 0.227 e. The number of hydrogen-bond acceptors (Lipinski definition) is 13. The largest absolute Gasteiger partial charge is 0.519 e. The first-order chi connectivity index (χ1) is 29.8. The molecule has 0 amide bonds. The van der Waals surface area contributed by atoms with Gasteiger partial charge < -0.3 is 44.7 Å². The van der Waals surface area contributed by atoms with Crippen molar-refractivity contribution >= 4 is 56.7 Å². The Kier molecular flexibility index (Phi) is 29.1. The van der Waals surface area contributed by atoms with Crippen molar-refractivity contribution in [3.05, 3.63) is 146 Å². The number of phenolic OH excluding ortho intramolecular Hbond substituents is 3. The number of aromatic hydroxyl groups is 3. The van der Waals surface area contributed by atoms with Gasteiger partial charge in [0.1, 0.15) is 17.2 Å². The predicted octanol–water partition coefficient (Wildman–Crippen LogP) is 12.9. The van der Waals surface area contributed by atoms with Crippen LogP contribution in [0.15, 0.2) is 78.9 Å². The van der Waals surface area contributed by atoms with E-state index in [1.165, 1.54) is 24.5 Å². The number of benzene rings is 4. The van der Waals surface area contributed by atoms with E-state index in [0.29, 0.717) is 29.7 Å². The van der Waals surface area contributed by atoms with E-state index in [9.17, 15) is 10.2 Å². The number of phenols is 3. The molecule has 4 aromatic heterocycles. The summed E-state index contributed by atoms with van der Waals surface area (Å²) in [6, 6.07) is 22.7. The number of nitrogens with zero attached hydrogens (tertiary/aromatic N) is 6. The van der Waals surface area contributed by atoms with Crippen LogP contribution >= 0.6 is 45.3 Å². The second kappa shape index (κ2) is 31.1. The van der Waals surface area contributed by atoms with Crippen LogP contribution in [0.3, 0.4) is 0 Å². The maximum absolute atomic E-state index is 9.44. The maximum atomic E-state index is 9.44. The van der Waals surface area contributed by atoms with E-state index in [2.05, 4.69) is 68.3 Å². The third-order valence-electron chi connectivity index (χ3n) is 8.04. The molecule has 19 heteroatoms. The Balaban J connectivity index is 0.000000435. The minimum Gasteiger partial charge on any atom is -0.519 e. The first kappa shape index (κ1) is 61.8. The number of thiazole rings is 4. The van der Waals surface area contributed by atoms with Crippen molar-refractivity contribution in [2.45, 2.75) is 41.5 Å². The predicted molar refractivity (Wildman–Crippen MR) is 249 cm³/mol. The van der Waals surface area contributed by atoms with E-state index >= 15 is 0 Å². The molecule has 0 unspecified atom stereocenters. The van der Waals surface area contributed by atoms with E-state index in [0.717, 1.165) is 61.8 Å². The zero-order chi connectivity index (χ0) is 44.8. The Labute approximate surface area is 503 Å². The molecule has 0 aliphatic heterocycles. The Morgan fingerprint density at radius 1 is 0.530 bits per heavy atom. The van der Waals surface area contributed by atoms with Crippen LogP contribution in [0, 0.1) is 71.5 Å². The van der Waals surface area contributed by atoms with Gasteiger partial charge in [0.15, 0.2) is 11.5 Å². The van der Waals surface area contributed by atoms with Crippen molar-refractivity contribution in [2.75, 3.05) is 13.7 Å². The van der Waals surface area contributed by atoms with Crippen molar-refractivity contribution in [3.8, 4) is 71.0 Å². The quantitative estimate of drug-likeness (QED) is 0.127. The number of aromatic nitrogens is 4. The van der Waals surface area contributed by atoms with Crippen LogP contribution in [-0.4, -0.2) is 49.0 Å². The smallest absolute Gasteiger partial charge is 0.227 e. The SMILES string of the molecule is COc1cc(-c2n[c-]c(C)s2)ccc1O.Cc1[c-]nc(-c2ccc(O)cc2)s1.[C-]#[N+]c1cc(-c2n[c-]c(C)s2)ccc1O.[C-]#[N+]c1cc(-c2n[c-]c(C)s2)ccc1OCC(C)C.[Y].[Y].[Y].[Y]. The molecule has 8 rings (SSSR count). The molecule has 11 nitrogen and oxygen atoms in total. The van der Waals surface area contributed by atoms with Crippen LogP contribution in [0.25, 0.3) is 52.0 Å². The van der Waals surface area contributed by atoms with Gasteiger partial charge >= 0.3 is 0 Å². The fraction of sp³-hybridized carbons (Fsp3) is 0.191. The van der Waals surface area contributed by atoms with Gasteiger partial charge in [0.2, 0.25) is 11.4 Å². The molecule has 66 heavy (non-hydrogen) atoms. The van der Waals surface area contributed by atoms with Gasteiger partial charge in [-0.25, -0.2) is 55.0 Å². The number of aryl methyl sites for hydroxylation is 4. The van der Waals surface area contributed by atoms with Crippen LogP contribution in [0.4, 0.5) is 11.4 Å². The third-order valence-corrected chi connectivity index (χ3v) is 11.7. The summed E-state index contributed by atoms with van der Waals surface area (Å²) in [5, 5.41) is 31.4. The van der Waals surface area contributed by atoms with Crippen molar-refractivity contribution < 1.29 is 156 Å². The monoisotopic (exact) mass is 1250 g/mol. The summed E-state index contributed by atoms with van der Waals surface area (Å²) in [4.78, 5) is 27.5. The van der Waals surface area contributed by atoms with Crippen LogP contribution in [0.1, 0.15) is 33.4 Å². The van der Waals surface area contributed by atoms with Gasteiger partial charge in [-0.05, 0) is 90.0 Å². The number of hydrogen-bond donors (Lipinski definition) is 3. The van der Waals surface area contributed by atoms with Gasteiger partial charge in [0, 0.05) is 131 Å². The molecule has 0 aliphatic carbocycles. The normalized spacial score (nSPS) is 9.61. The standard InChI is InChI=1S/C15H15N2OS.C11H7N2OS.C11H10NO2S.C10H8NOS.4Y/c1-10(2)9-18-14-6-5-12(7-13(14)16-4)15-17-8-11(3)19-15;1-7-6-13-11(15-7)8-3-4-10(14)9(5-8)12-2;1-7-6-12-11(15-7)8-3-4-9(13)10(5-8)14-2;1-7-6-11-10(13-7)8-2-4-9(12)5-3-8;;;;/h5-7,10H,9H2,1-3H3;3-5,14H,1H3;3-5,13H,1-2H3;2-5,12H,1H3;;;;/q4*-1;;;;. The third kappa shape index (κ3) is 18.9. The Morgan fingerprint density at radius 2 is 0.909 bits per heavy atom. The van der Waals surface area contributed by atoms with Crippen LogP contribution in [-0.2, 0) is 131 Å². The molecule has 4 aromatic carbocycles. The average Bonchev–Trinajstić information content (AvgIpc) is 4.11. The summed E-state index contributed by atoms with van der Waals surface area (Å²) >= 11 is 6.25. The molecule has 0 saturated carbocycles. The van der Waals surface area contributed by atoms with Gasteiger partial charge in [0.05, 0.1) is 26.9 Å². The van der Waals surface area contributed by atoms with Crippen LogP contribution in [0.5, 0.6) is 28.7 Å². The number of rotatable bonds is 8. The summed E-state index contributed by atoms with van der Waals surface area (Å²) in [7, 11) is 1.53. The minimum absolute atomic E-state index is 0. The molecule has 0 atom stereocenters. The van der Waals surface area contributed by atoms with Gasteiger partial charge in [0.25, 0.3) is 0 Å². The van der Waals surface area contributed by atoms with Crippen molar-refractivity contribution in [1.82, 2.24) is 19.9 Å². The minimum atomic E-state index is 0. The van der Waals surface area contributed by atoms with Crippen molar-refractivity contribution in [3.63, 3.8) is 0 Å². The van der Waals surface area contributed by atoms with E-state index in [1.807, 2.05) is 64.1 Å². The number of ether oxygens (including phenoxy) is 2. The zero-order valence-corrected chi connectivity index (χ0v) is 51.7. The molecule has 0 aliphatic rings. The second-order valence-electron chi connectivity index (χ2n) is 13.5. The molecular formula is C47H40N6O5S4Y4-4. The van der Waals surface area contributed by atoms with E-state index in [1.54, 1.807) is 70.4 Å². The molecule has 0 saturated heterocycles. The van der Waals surface area contributed by atoms with Gasteiger partial charge in [-0.1, -0.05) is 98.1 Å². The summed E-state index contributed by atoms with van der Waals surface area (Å²) in [5.41, 5.74) is 4.52. The molecule has 3 N–H and O–H groups in total. The summed E-state index contributed by atoms with van der Waals surface area (Å²) in [6.07, 6.45) is 11.5. The van der Waals surface area contributed by atoms with Crippen LogP contribution in [0.2, 0.25) is 0 Å². The van der Waals surface area contributed by atoms with Crippen molar-refractivity contribution in [2.24, 2.45) is 5.92 Å². The van der Waals surface area contributed by atoms with E-state index in [4.69, 9.17) is 27.7 Å². The zero-order valence-electron chi connectivity index (χ0n) is 37.1. The second-order valence-corrected chi connectivity index (χ2v) is 18.3. The fourth-order valence-electron chi connectivity index (χ4n) is 5.05. The first-order valence-corrected chi connectivity index (χ1v) is 22.0. The summed E-state index contributed by atoms with van der Waals surface area (Å²) < 4.78 is 10.7. The molecule has 0 fully saturated rings. The molecular weight excluding hydrogens is 1210 g/mol. The molecule has 4 heterocycles. The molecule has 0 spiro atoms. The van der Waals surface area contributed by atoms with Gasteiger partial charge in [-0.2, -0.15) is 0 Å². The topological polar surface area (TPSA) is 139 Å². The average molecular weight is 1250 g/mol. The van der Waals surface area contributed by atoms with E-state index in [-0.39, 0.29) is 154 Å². The molecule has 0 bridgehead atoms. The Hall–Kier alpha value is -2.20. The molecule has 8 aromatic rings. The Morgan fingerprint density at radius 3 is 1.30 bits per heavy atom. The summed E-state index contributed by atoms with van der Waals surface area (Å²) in [6.45, 7) is 26.8. The van der Waals surface area contributed by atoms with E-state index < -0.39 is 0 Å². The number of methoxy groups -OCH3 is 1. The Bertz CT molecular complexity index is 2820. The fourth-order valence-corrected chi connectivity index (χ4v) is 7.93. The molecule has 4 radical (unpaired) electrons. The molecule has 328 valence electrons. The van der Waals surface area contributed by atoms with Crippen LogP contribution < -0.4 is 9.47 Å². The van der Waals surface area contributed by atoms with Crippen molar-refractivity contribution in [1.29, 1.82) is 0 Å².